The summed E-state index contributed by atoms with van der Waals surface area (Å²) >= 11 is 14.1. The Kier molecular flexibility index (Phi) is 7.89. The highest BCUT2D eigenvalue weighted by Gasteiger charge is 2.18. The first-order valence-electron chi connectivity index (χ1n) is 8.82. The second kappa shape index (κ2) is 9.98. The monoisotopic (exact) mass is 633 g/mol. The first kappa shape index (κ1) is 22.2. The SMILES string of the molecule is Nc1c(Br)cc(Br)cc1C=Nc1c(Br)cc(Br)cc1C=NC1CCC(O)CC1. The molecule has 8 heteroatoms. The van der Waals surface area contributed by atoms with Crippen LogP contribution in [0.1, 0.15) is 36.8 Å². The molecule has 1 saturated carbocycles. The lowest BCUT2D eigenvalue weighted by atomic mass is 9.93. The number of hydrogen-bond acceptors (Lipinski definition) is 4. The molecule has 0 heterocycles. The second-order valence-corrected chi connectivity index (χ2v) is 10.3. The topological polar surface area (TPSA) is 71.0 Å². The van der Waals surface area contributed by atoms with E-state index < -0.39 is 0 Å². The number of halogens is 4. The van der Waals surface area contributed by atoms with E-state index >= 15 is 0 Å². The van der Waals surface area contributed by atoms with Crippen LogP contribution in [-0.4, -0.2) is 29.7 Å². The Morgan fingerprint density at radius 1 is 0.857 bits per heavy atom. The number of aliphatic hydroxyl groups is 1. The van der Waals surface area contributed by atoms with Crippen LogP contribution in [0.15, 0.2) is 52.1 Å². The van der Waals surface area contributed by atoms with Crippen LogP contribution in [0.5, 0.6) is 0 Å². The van der Waals surface area contributed by atoms with Crippen molar-refractivity contribution in [3.63, 3.8) is 0 Å². The molecule has 0 radical (unpaired) electrons. The molecule has 0 aliphatic heterocycles. The number of nitrogens with two attached hydrogens (primary N) is 1. The Morgan fingerprint density at radius 2 is 1.46 bits per heavy atom. The van der Waals surface area contributed by atoms with E-state index in [2.05, 4.69) is 63.7 Å². The lowest BCUT2D eigenvalue weighted by molar-refractivity contribution is 0.123. The molecule has 28 heavy (non-hydrogen) atoms. The van der Waals surface area contributed by atoms with Crippen molar-refractivity contribution in [2.75, 3.05) is 5.73 Å². The van der Waals surface area contributed by atoms with Gasteiger partial charge in [-0.25, -0.2) is 0 Å². The fraction of sp³-hybridized carbons (Fsp3) is 0.300. The highest BCUT2D eigenvalue weighted by Crippen LogP contribution is 2.34. The van der Waals surface area contributed by atoms with Crippen LogP contribution in [0.3, 0.4) is 0 Å². The van der Waals surface area contributed by atoms with Gasteiger partial charge in [-0.05, 0) is 81.8 Å². The Balaban J connectivity index is 1.91. The van der Waals surface area contributed by atoms with Gasteiger partial charge in [0, 0.05) is 41.4 Å². The van der Waals surface area contributed by atoms with Gasteiger partial charge in [-0.2, -0.15) is 0 Å². The smallest absolute Gasteiger partial charge is 0.0860 e. The van der Waals surface area contributed by atoms with E-state index in [4.69, 9.17) is 15.7 Å². The van der Waals surface area contributed by atoms with Crippen LogP contribution >= 0.6 is 63.7 Å². The van der Waals surface area contributed by atoms with Crippen LogP contribution in [0.25, 0.3) is 0 Å². The van der Waals surface area contributed by atoms with Crippen LogP contribution in [0, 0.1) is 0 Å². The van der Waals surface area contributed by atoms with E-state index in [0.29, 0.717) is 5.69 Å². The molecule has 0 bridgehead atoms. The summed E-state index contributed by atoms with van der Waals surface area (Å²) in [6.45, 7) is 0. The van der Waals surface area contributed by atoms with Crippen LogP contribution < -0.4 is 5.73 Å². The number of nitrogens with zero attached hydrogens (tertiary/aromatic N) is 2. The summed E-state index contributed by atoms with van der Waals surface area (Å²) in [5.41, 5.74) is 9.32. The molecule has 1 aliphatic rings. The van der Waals surface area contributed by atoms with Gasteiger partial charge in [0.1, 0.15) is 0 Å². The predicted molar refractivity (Wildman–Crippen MR) is 131 cm³/mol. The molecule has 0 unspecified atom stereocenters. The van der Waals surface area contributed by atoms with Crippen LogP contribution in [0.4, 0.5) is 11.4 Å². The third-order valence-electron chi connectivity index (χ3n) is 4.61. The Bertz CT molecular complexity index is 922. The van der Waals surface area contributed by atoms with Gasteiger partial charge in [0.15, 0.2) is 0 Å². The molecule has 0 saturated heterocycles. The van der Waals surface area contributed by atoms with Gasteiger partial charge >= 0.3 is 0 Å². The van der Waals surface area contributed by atoms with E-state index in [1.807, 2.05) is 30.5 Å². The average Bonchev–Trinajstić information content (AvgIpc) is 2.64. The van der Waals surface area contributed by atoms with Crippen LogP contribution in [-0.2, 0) is 0 Å². The summed E-state index contributed by atoms with van der Waals surface area (Å²) in [6.07, 6.45) is 6.90. The second-order valence-electron chi connectivity index (χ2n) is 6.71. The minimum absolute atomic E-state index is 0.179. The van der Waals surface area contributed by atoms with Gasteiger partial charge in [0.2, 0.25) is 0 Å². The largest absolute Gasteiger partial charge is 0.397 e. The lowest BCUT2D eigenvalue weighted by Gasteiger charge is -2.22. The number of aliphatic imine (C=N–C) groups is 2. The van der Waals surface area contributed by atoms with Crippen molar-refractivity contribution in [3.8, 4) is 0 Å². The van der Waals surface area contributed by atoms with Gasteiger partial charge in [-0.15, -0.1) is 0 Å². The summed E-state index contributed by atoms with van der Waals surface area (Å²) in [6, 6.07) is 8.04. The maximum absolute atomic E-state index is 9.67. The molecule has 2 aromatic rings. The minimum atomic E-state index is -0.179. The Morgan fingerprint density at radius 3 is 2.14 bits per heavy atom. The fourth-order valence-corrected chi connectivity index (χ4v) is 5.68. The molecule has 0 atom stereocenters. The quantitative estimate of drug-likeness (QED) is 0.287. The third-order valence-corrected chi connectivity index (χ3v) is 6.78. The molecule has 148 valence electrons. The zero-order valence-corrected chi connectivity index (χ0v) is 21.2. The van der Waals surface area contributed by atoms with E-state index in [0.717, 1.165) is 60.4 Å². The predicted octanol–water partition coefficient (Wildman–Crippen LogP) is 6.79. The van der Waals surface area contributed by atoms with Crippen molar-refractivity contribution in [2.45, 2.75) is 37.8 Å². The number of rotatable bonds is 4. The number of aliphatic hydroxyl groups excluding tert-OH is 1. The van der Waals surface area contributed by atoms with Crippen molar-refractivity contribution < 1.29 is 5.11 Å². The zero-order valence-electron chi connectivity index (χ0n) is 14.9. The molecule has 0 spiro atoms. The van der Waals surface area contributed by atoms with Gasteiger partial charge in [-0.3, -0.25) is 9.98 Å². The molecule has 3 rings (SSSR count). The molecular formula is C20H19Br4N3O. The highest BCUT2D eigenvalue weighted by molar-refractivity contribution is 9.11. The Labute approximate surface area is 198 Å². The van der Waals surface area contributed by atoms with Gasteiger partial charge in [0.05, 0.1) is 23.5 Å². The maximum Gasteiger partial charge on any atom is 0.0860 e. The molecular weight excluding hydrogens is 618 g/mol. The summed E-state index contributed by atoms with van der Waals surface area (Å²) in [5, 5.41) is 9.67. The summed E-state index contributed by atoms with van der Waals surface area (Å²) in [5.74, 6) is 0. The van der Waals surface area contributed by atoms with Gasteiger partial charge in [0.25, 0.3) is 0 Å². The summed E-state index contributed by atoms with van der Waals surface area (Å²) in [7, 11) is 0. The van der Waals surface area contributed by atoms with Crippen molar-refractivity contribution in [2.24, 2.45) is 9.98 Å². The molecule has 4 nitrogen and oxygen atoms in total. The third kappa shape index (κ3) is 5.75. The van der Waals surface area contributed by atoms with Crippen LogP contribution in [0.2, 0.25) is 0 Å². The standard InChI is InChI=1S/C20H19Br4N3O/c21-13-5-11(19(25)17(23)7-13)9-27-20-12(6-14(22)8-18(20)24)10-26-15-1-3-16(28)4-2-15/h5-10,15-16,28H,1-4,25H2. The molecule has 2 aromatic carbocycles. The molecule has 1 fully saturated rings. The fourth-order valence-electron chi connectivity index (χ4n) is 3.06. The zero-order chi connectivity index (χ0) is 20.3. The average molecular weight is 637 g/mol. The number of nitrogen functional groups attached to an aromatic ring is 1. The van der Waals surface area contributed by atoms with Crippen molar-refractivity contribution >= 4 is 87.5 Å². The summed E-state index contributed by atoms with van der Waals surface area (Å²) in [4.78, 5) is 9.43. The number of hydrogen-bond donors (Lipinski definition) is 2. The Hall–Kier alpha value is -0.540. The van der Waals surface area contributed by atoms with E-state index in [1.165, 1.54) is 0 Å². The molecule has 3 N–H and O–H groups in total. The number of anilines is 1. The number of benzene rings is 2. The van der Waals surface area contributed by atoms with Gasteiger partial charge < -0.3 is 10.8 Å². The van der Waals surface area contributed by atoms with Crippen molar-refractivity contribution in [3.05, 3.63) is 53.3 Å². The van der Waals surface area contributed by atoms with E-state index in [-0.39, 0.29) is 12.1 Å². The highest BCUT2D eigenvalue weighted by atomic mass is 79.9. The minimum Gasteiger partial charge on any atom is -0.397 e. The molecule has 0 amide bonds. The lowest BCUT2D eigenvalue weighted by Crippen LogP contribution is -2.20. The summed E-state index contributed by atoms with van der Waals surface area (Å²) < 4.78 is 3.56. The van der Waals surface area contributed by atoms with E-state index in [1.54, 1.807) is 6.21 Å². The van der Waals surface area contributed by atoms with Crippen molar-refractivity contribution in [1.82, 2.24) is 0 Å². The first-order chi connectivity index (χ1) is 13.3. The molecule has 1 aliphatic carbocycles. The van der Waals surface area contributed by atoms with Crippen molar-refractivity contribution in [1.29, 1.82) is 0 Å². The van der Waals surface area contributed by atoms with Gasteiger partial charge in [-0.1, -0.05) is 31.9 Å². The normalized spacial score (nSPS) is 20.3. The molecule has 0 aromatic heterocycles. The maximum atomic E-state index is 9.67. The first-order valence-corrected chi connectivity index (χ1v) is 12.0. The van der Waals surface area contributed by atoms with E-state index in [9.17, 15) is 5.11 Å².